The van der Waals surface area contributed by atoms with Crippen LogP contribution in [0, 0.1) is 11.3 Å². The van der Waals surface area contributed by atoms with Crippen molar-refractivity contribution in [2.75, 3.05) is 11.9 Å². The second-order valence-electron chi connectivity index (χ2n) is 10.5. The van der Waals surface area contributed by atoms with Crippen molar-refractivity contribution in [2.45, 2.75) is 71.6 Å². The molecule has 1 fully saturated rings. The van der Waals surface area contributed by atoms with E-state index < -0.39 is 0 Å². The Labute approximate surface area is 184 Å². The predicted octanol–water partition coefficient (Wildman–Crippen LogP) is 6.01. The maximum Gasteiger partial charge on any atom is 0.226 e. The molecule has 1 saturated carbocycles. The summed E-state index contributed by atoms with van der Waals surface area (Å²) in [6.45, 7) is 4.65. The number of hydrogen-bond acceptors (Lipinski definition) is 2. The van der Waals surface area contributed by atoms with Gasteiger partial charge < -0.3 is 9.88 Å². The Bertz CT molecular complexity index is 1100. The first-order chi connectivity index (χ1) is 14.9. The van der Waals surface area contributed by atoms with Gasteiger partial charge in [-0.1, -0.05) is 39.2 Å². The average molecular weight is 419 g/mol. The highest BCUT2D eigenvalue weighted by Crippen LogP contribution is 2.38. The first-order valence-corrected chi connectivity index (χ1v) is 11.9. The molecule has 5 nitrogen and oxygen atoms in total. The van der Waals surface area contributed by atoms with Gasteiger partial charge in [0.05, 0.1) is 5.69 Å². The highest BCUT2D eigenvalue weighted by Gasteiger charge is 2.29. The molecule has 2 aromatic heterocycles. The molecule has 0 bridgehead atoms. The molecule has 0 atom stereocenters. The van der Waals surface area contributed by atoms with E-state index in [-0.39, 0.29) is 5.91 Å². The quantitative estimate of drug-likeness (QED) is 0.545. The number of amides is 1. The molecule has 0 unspecified atom stereocenters. The van der Waals surface area contributed by atoms with Crippen LogP contribution < -0.4 is 4.90 Å². The molecular weight excluding hydrogens is 384 g/mol. The van der Waals surface area contributed by atoms with Crippen molar-refractivity contribution in [1.29, 1.82) is 0 Å². The first kappa shape index (κ1) is 20.3. The van der Waals surface area contributed by atoms with E-state index >= 15 is 0 Å². The fraction of sp³-hybridized carbons (Fsp3) is 0.538. The van der Waals surface area contributed by atoms with Crippen molar-refractivity contribution < 1.29 is 4.79 Å². The normalized spacial score (nSPS) is 18.8. The van der Waals surface area contributed by atoms with E-state index in [0.717, 1.165) is 40.8 Å². The molecule has 5 heteroatoms. The first-order valence-electron chi connectivity index (χ1n) is 11.9. The molecule has 164 valence electrons. The SMILES string of the molecule is CN(C(=O)CC1CCCCC1)c1ccc2cc(-c3n[nH]c4c3CCC(C)(C)C4)[nH]c2c1. The van der Waals surface area contributed by atoms with Crippen LogP contribution in [0.15, 0.2) is 24.3 Å². The largest absolute Gasteiger partial charge is 0.353 e. The van der Waals surface area contributed by atoms with Crippen molar-refractivity contribution in [3.8, 4) is 11.4 Å². The van der Waals surface area contributed by atoms with E-state index in [1.54, 1.807) is 0 Å². The molecule has 2 aliphatic rings. The van der Waals surface area contributed by atoms with Gasteiger partial charge in [0.1, 0.15) is 5.69 Å². The Morgan fingerprint density at radius 3 is 2.81 bits per heavy atom. The van der Waals surface area contributed by atoms with Gasteiger partial charge in [-0.05, 0) is 61.6 Å². The smallest absolute Gasteiger partial charge is 0.226 e. The molecule has 1 amide bonds. The topological polar surface area (TPSA) is 64.8 Å². The van der Waals surface area contributed by atoms with Crippen LogP contribution in [-0.4, -0.2) is 28.1 Å². The summed E-state index contributed by atoms with van der Waals surface area (Å²) in [5.41, 5.74) is 7.07. The number of aromatic nitrogens is 3. The minimum atomic E-state index is 0.224. The number of nitrogens with one attached hydrogen (secondary N) is 2. The maximum absolute atomic E-state index is 12.9. The van der Waals surface area contributed by atoms with E-state index in [2.05, 4.69) is 53.3 Å². The Kier molecular flexibility index (Phi) is 5.15. The van der Waals surface area contributed by atoms with Gasteiger partial charge in [0.25, 0.3) is 0 Å². The molecule has 0 saturated heterocycles. The third-order valence-electron chi connectivity index (χ3n) is 7.47. The van der Waals surface area contributed by atoms with Crippen LogP contribution in [0.2, 0.25) is 0 Å². The van der Waals surface area contributed by atoms with E-state index in [1.165, 1.54) is 49.8 Å². The zero-order valence-corrected chi connectivity index (χ0v) is 19.1. The number of nitrogens with zero attached hydrogens (tertiary/aromatic N) is 2. The lowest BCUT2D eigenvalue weighted by atomic mass is 9.76. The fourth-order valence-corrected chi connectivity index (χ4v) is 5.44. The Balaban J connectivity index is 1.37. The van der Waals surface area contributed by atoms with E-state index in [1.807, 2.05) is 11.9 Å². The van der Waals surface area contributed by atoms with Gasteiger partial charge in [-0.25, -0.2) is 0 Å². The van der Waals surface area contributed by atoms with Crippen molar-refractivity contribution in [2.24, 2.45) is 11.3 Å². The summed E-state index contributed by atoms with van der Waals surface area (Å²) >= 11 is 0. The summed E-state index contributed by atoms with van der Waals surface area (Å²) in [5, 5.41) is 9.10. The number of H-pyrrole nitrogens is 2. The zero-order valence-electron chi connectivity index (χ0n) is 19.1. The molecule has 2 N–H and O–H groups in total. The number of benzene rings is 1. The van der Waals surface area contributed by atoms with Gasteiger partial charge in [0.15, 0.2) is 0 Å². The monoisotopic (exact) mass is 418 g/mol. The lowest BCUT2D eigenvalue weighted by molar-refractivity contribution is -0.119. The lowest BCUT2D eigenvalue weighted by Gasteiger charge is -2.28. The van der Waals surface area contributed by atoms with Crippen molar-refractivity contribution in [3.05, 3.63) is 35.5 Å². The zero-order chi connectivity index (χ0) is 21.6. The van der Waals surface area contributed by atoms with Crippen molar-refractivity contribution >= 4 is 22.5 Å². The molecule has 0 aliphatic heterocycles. The summed E-state index contributed by atoms with van der Waals surface area (Å²) in [6, 6.07) is 8.44. The van der Waals surface area contributed by atoms with Gasteiger partial charge in [-0.15, -0.1) is 0 Å². The van der Waals surface area contributed by atoms with E-state index in [0.29, 0.717) is 17.8 Å². The number of aromatic amines is 2. The second kappa shape index (κ2) is 7.85. The summed E-state index contributed by atoms with van der Waals surface area (Å²) in [6.07, 6.45) is 10.2. The molecule has 0 radical (unpaired) electrons. The molecule has 1 aromatic carbocycles. The van der Waals surface area contributed by atoms with Crippen LogP contribution in [0.1, 0.15) is 70.1 Å². The van der Waals surface area contributed by atoms with Gasteiger partial charge in [0.2, 0.25) is 5.91 Å². The van der Waals surface area contributed by atoms with Crippen LogP contribution >= 0.6 is 0 Å². The van der Waals surface area contributed by atoms with Gasteiger partial charge >= 0.3 is 0 Å². The number of carbonyl (C=O) groups is 1. The molecule has 3 aromatic rings. The summed E-state index contributed by atoms with van der Waals surface area (Å²) < 4.78 is 0. The molecule has 5 rings (SSSR count). The van der Waals surface area contributed by atoms with Crippen molar-refractivity contribution in [3.63, 3.8) is 0 Å². The summed E-state index contributed by atoms with van der Waals surface area (Å²) in [7, 11) is 1.90. The van der Waals surface area contributed by atoms with Gasteiger partial charge in [0, 0.05) is 41.3 Å². The fourth-order valence-electron chi connectivity index (χ4n) is 5.44. The van der Waals surface area contributed by atoms with Gasteiger partial charge in [-0.3, -0.25) is 9.89 Å². The van der Waals surface area contributed by atoms with Crippen LogP contribution in [0.5, 0.6) is 0 Å². The van der Waals surface area contributed by atoms with E-state index in [9.17, 15) is 4.79 Å². The molecule has 2 heterocycles. The summed E-state index contributed by atoms with van der Waals surface area (Å²) in [5.74, 6) is 0.780. The summed E-state index contributed by atoms with van der Waals surface area (Å²) in [4.78, 5) is 18.2. The Morgan fingerprint density at radius 2 is 2.00 bits per heavy atom. The van der Waals surface area contributed by atoms with Crippen LogP contribution in [0.4, 0.5) is 5.69 Å². The minimum Gasteiger partial charge on any atom is -0.353 e. The number of anilines is 1. The number of rotatable bonds is 4. The third-order valence-corrected chi connectivity index (χ3v) is 7.47. The molecule has 2 aliphatic carbocycles. The molecule has 0 spiro atoms. The number of fused-ring (bicyclic) bond motifs is 2. The van der Waals surface area contributed by atoms with E-state index in [4.69, 9.17) is 0 Å². The average Bonchev–Trinajstić information content (AvgIpc) is 3.35. The predicted molar refractivity (Wildman–Crippen MR) is 126 cm³/mol. The highest BCUT2D eigenvalue weighted by molar-refractivity contribution is 5.96. The number of carbonyl (C=O) groups excluding carboxylic acids is 1. The van der Waals surface area contributed by atoms with Gasteiger partial charge in [-0.2, -0.15) is 5.10 Å². The van der Waals surface area contributed by atoms with Crippen LogP contribution in [0.25, 0.3) is 22.3 Å². The highest BCUT2D eigenvalue weighted by atomic mass is 16.2. The molecule has 31 heavy (non-hydrogen) atoms. The minimum absolute atomic E-state index is 0.224. The Hall–Kier alpha value is -2.56. The maximum atomic E-state index is 12.9. The third kappa shape index (κ3) is 4.02. The van der Waals surface area contributed by atoms with Crippen molar-refractivity contribution in [1.82, 2.24) is 15.2 Å². The van der Waals surface area contributed by atoms with Crippen LogP contribution in [-0.2, 0) is 17.6 Å². The standard InChI is InChI=1S/C26H34N4O/c1-26(2)12-11-20-23(16-26)28-29-25(20)22-14-18-9-10-19(15-21(18)27-22)30(3)24(31)13-17-7-5-4-6-8-17/h9-10,14-15,17,27H,4-8,11-13,16H2,1-3H3,(H,28,29). The Morgan fingerprint density at radius 1 is 1.19 bits per heavy atom. The number of hydrogen-bond donors (Lipinski definition) is 2. The molecular formula is C26H34N4O. The lowest BCUT2D eigenvalue weighted by Crippen LogP contribution is -2.28. The second-order valence-corrected chi connectivity index (χ2v) is 10.5. The van der Waals surface area contributed by atoms with Crippen LogP contribution in [0.3, 0.4) is 0 Å².